The molecule has 2 N–H and O–H groups in total. The van der Waals surface area contributed by atoms with Gasteiger partial charge in [0.05, 0.1) is 18.6 Å². The molecule has 1 atom stereocenters. The summed E-state index contributed by atoms with van der Waals surface area (Å²) in [6.45, 7) is 1.08. The van der Waals surface area contributed by atoms with Crippen molar-refractivity contribution in [2.45, 2.75) is 12.7 Å². The van der Waals surface area contributed by atoms with Gasteiger partial charge in [-0.15, -0.1) is 11.6 Å². The van der Waals surface area contributed by atoms with Crippen molar-refractivity contribution >= 4 is 17.3 Å². The Bertz CT molecular complexity index is 276. The first-order valence-corrected chi connectivity index (χ1v) is 5.35. The third-order valence-corrected chi connectivity index (χ3v) is 2.34. The average Bonchev–Trinajstić information content (AvgIpc) is 2.28. The van der Waals surface area contributed by atoms with Gasteiger partial charge in [-0.2, -0.15) is 0 Å². The quantitative estimate of drug-likeness (QED) is 0.732. The number of halogens is 1. The van der Waals surface area contributed by atoms with Gasteiger partial charge in [0, 0.05) is 19.3 Å². The second kappa shape index (κ2) is 6.67. The largest absolute Gasteiger partial charge is 0.390 e. The number of anilines is 1. The summed E-state index contributed by atoms with van der Waals surface area (Å²) in [5, 5.41) is 12.3. The molecule has 0 unspecified atom stereocenters. The van der Waals surface area contributed by atoms with Crippen LogP contribution in [-0.2, 0) is 11.3 Å². The van der Waals surface area contributed by atoms with Crippen molar-refractivity contribution < 1.29 is 9.84 Å². The van der Waals surface area contributed by atoms with Gasteiger partial charge < -0.3 is 15.2 Å². The summed E-state index contributed by atoms with van der Waals surface area (Å²) in [5.41, 5.74) is 2.10. The number of methoxy groups -OCH3 is 1. The predicted octanol–water partition coefficient (Wildman–Crippen LogP) is 1.84. The molecular formula is C11H16ClNO2. The average molecular weight is 230 g/mol. The van der Waals surface area contributed by atoms with E-state index < -0.39 is 6.10 Å². The van der Waals surface area contributed by atoms with E-state index in [-0.39, 0.29) is 5.88 Å². The summed E-state index contributed by atoms with van der Waals surface area (Å²) in [7, 11) is 1.67. The minimum absolute atomic E-state index is 0.245. The van der Waals surface area contributed by atoms with E-state index in [0.717, 1.165) is 11.3 Å². The Labute approximate surface area is 95.0 Å². The highest BCUT2D eigenvalue weighted by Crippen LogP contribution is 2.10. The van der Waals surface area contributed by atoms with Gasteiger partial charge in [-0.25, -0.2) is 0 Å². The Morgan fingerprint density at radius 2 is 2.07 bits per heavy atom. The van der Waals surface area contributed by atoms with Crippen molar-refractivity contribution in [3.05, 3.63) is 29.8 Å². The smallest absolute Gasteiger partial charge is 0.0847 e. The van der Waals surface area contributed by atoms with Crippen LogP contribution in [0.15, 0.2) is 24.3 Å². The molecule has 0 saturated carbocycles. The number of ether oxygens (including phenoxy) is 1. The summed E-state index contributed by atoms with van der Waals surface area (Å²) in [6, 6.07) is 7.88. The van der Waals surface area contributed by atoms with Gasteiger partial charge in [0.2, 0.25) is 0 Å². The first-order chi connectivity index (χ1) is 7.26. The molecular weight excluding hydrogens is 214 g/mol. The van der Waals surface area contributed by atoms with E-state index in [1.807, 2.05) is 24.3 Å². The molecule has 0 bridgehead atoms. The van der Waals surface area contributed by atoms with Crippen molar-refractivity contribution in [2.75, 3.05) is 24.9 Å². The predicted molar refractivity (Wildman–Crippen MR) is 62.4 cm³/mol. The van der Waals surface area contributed by atoms with Gasteiger partial charge in [0.1, 0.15) is 0 Å². The molecule has 0 aliphatic heterocycles. The van der Waals surface area contributed by atoms with E-state index in [9.17, 15) is 5.11 Å². The Balaban J connectivity index is 2.42. The maximum atomic E-state index is 9.24. The molecule has 0 aromatic heterocycles. The molecule has 0 aliphatic carbocycles. The molecule has 84 valence electrons. The maximum Gasteiger partial charge on any atom is 0.0847 e. The van der Waals surface area contributed by atoms with Crippen LogP contribution in [-0.4, -0.2) is 30.7 Å². The third-order valence-electron chi connectivity index (χ3n) is 1.98. The molecule has 0 saturated heterocycles. The zero-order valence-electron chi connectivity index (χ0n) is 8.74. The standard InChI is InChI=1S/C11H16ClNO2/c1-15-8-9-2-4-10(5-3-9)13-7-11(14)6-12/h2-5,11,13-14H,6-8H2,1H3/t11-/m0/s1. The van der Waals surface area contributed by atoms with Crippen LogP contribution in [0.3, 0.4) is 0 Å². The number of nitrogens with one attached hydrogen (secondary N) is 1. The lowest BCUT2D eigenvalue weighted by atomic mass is 10.2. The molecule has 0 amide bonds. The number of aliphatic hydroxyl groups is 1. The fourth-order valence-corrected chi connectivity index (χ4v) is 1.28. The number of hydrogen-bond donors (Lipinski definition) is 2. The maximum absolute atomic E-state index is 9.24. The number of rotatable bonds is 6. The van der Waals surface area contributed by atoms with Gasteiger partial charge in [-0.05, 0) is 17.7 Å². The Kier molecular flexibility index (Phi) is 5.47. The highest BCUT2D eigenvalue weighted by atomic mass is 35.5. The van der Waals surface area contributed by atoms with Gasteiger partial charge in [-0.1, -0.05) is 12.1 Å². The highest BCUT2D eigenvalue weighted by Gasteiger charge is 2.00. The van der Waals surface area contributed by atoms with Crippen LogP contribution in [0.5, 0.6) is 0 Å². The lowest BCUT2D eigenvalue weighted by Gasteiger charge is -2.10. The molecule has 4 heteroatoms. The van der Waals surface area contributed by atoms with Crippen LogP contribution < -0.4 is 5.32 Å². The molecule has 3 nitrogen and oxygen atoms in total. The van der Waals surface area contributed by atoms with Crippen LogP contribution in [0.25, 0.3) is 0 Å². The molecule has 0 heterocycles. The number of benzene rings is 1. The Hall–Kier alpha value is -0.770. The minimum atomic E-state index is -0.509. The van der Waals surface area contributed by atoms with E-state index >= 15 is 0 Å². The zero-order valence-corrected chi connectivity index (χ0v) is 9.50. The minimum Gasteiger partial charge on any atom is -0.390 e. The summed E-state index contributed by atoms with van der Waals surface area (Å²) in [6.07, 6.45) is -0.509. The summed E-state index contributed by atoms with van der Waals surface area (Å²) in [5.74, 6) is 0.245. The van der Waals surface area contributed by atoms with Crippen LogP contribution in [0.1, 0.15) is 5.56 Å². The molecule has 0 radical (unpaired) electrons. The Morgan fingerprint density at radius 1 is 1.40 bits per heavy atom. The van der Waals surface area contributed by atoms with Gasteiger partial charge in [0.25, 0.3) is 0 Å². The van der Waals surface area contributed by atoms with E-state index in [2.05, 4.69) is 5.32 Å². The fourth-order valence-electron chi connectivity index (χ4n) is 1.18. The van der Waals surface area contributed by atoms with Crippen molar-refractivity contribution in [1.29, 1.82) is 0 Å². The SMILES string of the molecule is COCc1ccc(NC[C@@H](O)CCl)cc1. The van der Waals surface area contributed by atoms with Crippen molar-refractivity contribution in [3.63, 3.8) is 0 Å². The monoisotopic (exact) mass is 229 g/mol. The van der Waals surface area contributed by atoms with Crippen LogP contribution in [0, 0.1) is 0 Å². The van der Waals surface area contributed by atoms with Gasteiger partial charge in [-0.3, -0.25) is 0 Å². The number of hydrogen-bond acceptors (Lipinski definition) is 3. The summed E-state index contributed by atoms with van der Waals surface area (Å²) in [4.78, 5) is 0. The van der Waals surface area contributed by atoms with Crippen molar-refractivity contribution in [3.8, 4) is 0 Å². The van der Waals surface area contributed by atoms with Crippen molar-refractivity contribution in [1.82, 2.24) is 0 Å². The number of aliphatic hydroxyl groups excluding tert-OH is 1. The van der Waals surface area contributed by atoms with E-state index in [4.69, 9.17) is 16.3 Å². The molecule has 0 fully saturated rings. The van der Waals surface area contributed by atoms with Gasteiger partial charge in [0.15, 0.2) is 0 Å². The second-order valence-corrected chi connectivity index (χ2v) is 3.63. The normalized spacial score (nSPS) is 12.5. The Morgan fingerprint density at radius 3 is 2.60 bits per heavy atom. The molecule has 1 aromatic rings. The van der Waals surface area contributed by atoms with Crippen molar-refractivity contribution in [2.24, 2.45) is 0 Å². The lowest BCUT2D eigenvalue weighted by Crippen LogP contribution is -2.20. The highest BCUT2D eigenvalue weighted by molar-refractivity contribution is 6.18. The lowest BCUT2D eigenvalue weighted by molar-refractivity contribution is 0.185. The van der Waals surface area contributed by atoms with E-state index in [1.165, 1.54) is 0 Å². The third kappa shape index (κ3) is 4.51. The van der Waals surface area contributed by atoms with E-state index in [1.54, 1.807) is 7.11 Å². The summed E-state index contributed by atoms with van der Waals surface area (Å²) >= 11 is 5.48. The second-order valence-electron chi connectivity index (χ2n) is 3.32. The van der Waals surface area contributed by atoms with Crippen LogP contribution in [0.2, 0.25) is 0 Å². The van der Waals surface area contributed by atoms with Gasteiger partial charge >= 0.3 is 0 Å². The topological polar surface area (TPSA) is 41.5 Å². The molecule has 0 spiro atoms. The number of alkyl halides is 1. The van der Waals surface area contributed by atoms with Crippen LogP contribution in [0.4, 0.5) is 5.69 Å². The molecule has 1 aromatic carbocycles. The summed E-state index contributed by atoms with van der Waals surface area (Å²) < 4.78 is 5.01. The fraction of sp³-hybridized carbons (Fsp3) is 0.455. The molecule has 15 heavy (non-hydrogen) atoms. The molecule has 1 rings (SSSR count). The van der Waals surface area contributed by atoms with Crippen LogP contribution >= 0.6 is 11.6 Å². The first-order valence-electron chi connectivity index (χ1n) is 4.82. The zero-order chi connectivity index (χ0) is 11.1. The molecule has 0 aliphatic rings. The van der Waals surface area contributed by atoms with E-state index in [0.29, 0.717) is 13.2 Å². The first kappa shape index (κ1) is 12.3.